The minimum atomic E-state index is 0.492. The van der Waals surface area contributed by atoms with Gasteiger partial charge in [-0.25, -0.2) is 0 Å². The molecule has 2 aromatic carbocycles. The Balaban J connectivity index is 2.08. The summed E-state index contributed by atoms with van der Waals surface area (Å²) in [6.45, 7) is 2.51. The highest BCUT2D eigenvalue weighted by atomic mass is 35.5. The number of aryl methyl sites for hydroxylation is 1. The minimum Gasteiger partial charge on any atom is -0.489 e. The smallest absolute Gasteiger partial charge is 0.122 e. The molecule has 0 aliphatic carbocycles. The number of hydrogen-bond acceptors (Lipinski definition) is 2. The van der Waals surface area contributed by atoms with Gasteiger partial charge in [0, 0.05) is 0 Å². The Morgan fingerprint density at radius 3 is 2.65 bits per heavy atom. The van der Waals surface area contributed by atoms with Crippen LogP contribution in [0.3, 0.4) is 0 Å². The second-order valence-corrected chi connectivity index (χ2v) is 4.32. The van der Waals surface area contributed by atoms with Gasteiger partial charge in [0.05, 0.1) is 10.7 Å². The zero-order valence-corrected chi connectivity index (χ0v) is 10.4. The summed E-state index contributed by atoms with van der Waals surface area (Å²) in [7, 11) is 0. The lowest BCUT2D eigenvalue weighted by molar-refractivity contribution is 0.304. The molecule has 0 saturated heterocycles. The van der Waals surface area contributed by atoms with Crippen LogP contribution in [0.15, 0.2) is 42.5 Å². The topological polar surface area (TPSA) is 35.2 Å². The molecular weight excluding hydrogens is 234 g/mol. The number of nitrogen functional groups attached to an aromatic ring is 1. The van der Waals surface area contributed by atoms with Crippen LogP contribution in [-0.4, -0.2) is 0 Å². The summed E-state index contributed by atoms with van der Waals surface area (Å²) in [5.41, 5.74) is 8.44. The third-order valence-corrected chi connectivity index (χ3v) is 2.89. The van der Waals surface area contributed by atoms with Gasteiger partial charge in [0.1, 0.15) is 12.4 Å². The van der Waals surface area contributed by atoms with Crippen molar-refractivity contribution >= 4 is 17.3 Å². The van der Waals surface area contributed by atoms with Crippen LogP contribution in [0.1, 0.15) is 11.1 Å². The van der Waals surface area contributed by atoms with Crippen LogP contribution in [0.25, 0.3) is 0 Å². The molecule has 0 aromatic heterocycles. The van der Waals surface area contributed by atoms with Gasteiger partial charge in [0.15, 0.2) is 0 Å². The van der Waals surface area contributed by atoms with Crippen LogP contribution in [0, 0.1) is 6.92 Å². The number of hydrogen-bond donors (Lipinski definition) is 1. The van der Waals surface area contributed by atoms with E-state index in [9.17, 15) is 0 Å². The lowest BCUT2D eigenvalue weighted by atomic mass is 10.2. The molecule has 0 amide bonds. The fourth-order valence-corrected chi connectivity index (χ4v) is 1.68. The summed E-state index contributed by atoms with van der Waals surface area (Å²) < 4.78 is 5.72. The van der Waals surface area contributed by atoms with Crippen LogP contribution in [0.2, 0.25) is 5.02 Å². The largest absolute Gasteiger partial charge is 0.489 e. The number of anilines is 1. The first-order valence-electron chi connectivity index (χ1n) is 5.39. The highest BCUT2D eigenvalue weighted by molar-refractivity contribution is 6.33. The fourth-order valence-electron chi connectivity index (χ4n) is 1.56. The van der Waals surface area contributed by atoms with Crippen LogP contribution < -0.4 is 10.5 Å². The lowest BCUT2D eigenvalue weighted by Gasteiger charge is -2.09. The average molecular weight is 248 g/mol. The lowest BCUT2D eigenvalue weighted by Crippen LogP contribution is -1.98. The van der Waals surface area contributed by atoms with Crippen molar-refractivity contribution in [1.82, 2.24) is 0 Å². The average Bonchev–Trinajstić information content (AvgIpc) is 2.32. The van der Waals surface area contributed by atoms with Crippen molar-refractivity contribution in [3.63, 3.8) is 0 Å². The first-order valence-corrected chi connectivity index (χ1v) is 5.77. The third-order valence-electron chi connectivity index (χ3n) is 2.55. The Morgan fingerprint density at radius 1 is 1.18 bits per heavy atom. The molecule has 0 fully saturated rings. The van der Waals surface area contributed by atoms with Crippen LogP contribution >= 0.6 is 11.6 Å². The van der Waals surface area contributed by atoms with Crippen molar-refractivity contribution < 1.29 is 4.74 Å². The number of ether oxygens (including phenoxy) is 1. The Labute approximate surface area is 106 Å². The molecule has 3 heteroatoms. The zero-order valence-electron chi connectivity index (χ0n) is 9.61. The predicted octanol–water partition coefficient (Wildman–Crippen LogP) is 3.81. The monoisotopic (exact) mass is 247 g/mol. The van der Waals surface area contributed by atoms with Gasteiger partial charge >= 0.3 is 0 Å². The summed E-state index contributed by atoms with van der Waals surface area (Å²) in [5.74, 6) is 0.890. The van der Waals surface area contributed by atoms with E-state index in [-0.39, 0.29) is 0 Å². The van der Waals surface area contributed by atoms with E-state index in [4.69, 9.17) is 22.1 Å². The summed E-state index contributed by atoms with van der Waals surface area (Å²) in [5, 5.41) is 0.574. The molecule has 0 heterocycles. The van der Waals surface area contributed by atoms with Crippen LogP contribution in [0.4, 0.5) is 5.69 Å². The normalized spacial score (nSPS) is 10.2. The molecule has 0 aliphatic rings. The van der Waals surface area contributed by atoms with Crippen LogP contribution in [0.5, 0.6) is 5.75 Å². The quantitative estimate of drug-likeness (QED) is 0.837. The number of benzene rings is 2. The molecular formula is C14H14ClNO. The van der Waals surface area contributed by atoms with E-state index >= 15 is 0 Å². The standard InChI is InChI=1S/C14H14ClNO/c1-10-4-2-3-5-14(10)17-9-11-6-7-12(15)13(16)8-11/h2-8H,9,16H2,1H3. The number of rotatable bonds is 3. The summed E-state index contributed by atoms with van der Waals surface area (Å²) >= 11 is 5.86. The van der Waals surface area contributed by atoms with Gasteiger partial charge < -0.3 is 10.5 Å². The molecule has 88 valence electrons. The maximum absolute atomic E-state index is 5.86. The second kappa shape index (κ2) is 5.11. The van der Waals surface area contributed by atoms with Crippen molar-refractivity contribution in [3.05, 3.63) is 58.6 Å². The number of nitrogens with two attached hydrogens (primary N) is 1. The van der Waals surface area contributed by atoms with Gasteiger partial charge in [-0.05, 0) is 36.2 Å². The van der Waals surface area contributed by atoms with Gasteiger partial charge in [0.2, 0.25) is 0 Å². The number of para-hydroxylation sites is 1. The first-order chi connectivity index (χ1) is 8.16. The van der Waals surface area contributed by atoms with Crippen molar-refractivity contribution in [3.8, 4) is 5.75 Å². The van der Waals surface area contributed by atoms with E-state index in [1.54, 1.807) is 6.07 Å². The highest BCUT2D eigenvalue weighted by Gasteiger charge is 2.01. The molecule has 0 unspecified atom stereocenters. The van der Waals surface area contributed by atoms with Gasteiger partial charge in [-0.3, -0.25) is 0 Å². The van der Waals surface area contributed by atoms with E-state index in [0.717, 1.165) is 16.9 Å². The van der Waals surface area contributed by atoms with E-state index in [2.05, 4.69) is 0 Å². The van der Waals surface area contributed by atoms with E-state index in [1.807, 2.05) is 43.3 Å². The van der Waals surface area contributed by atoms with E-state index in [1.165, 1.54) is 0 Å². The molecule has 0 spiro atoms. The van der Waals surface area contributed by atoms with E-state index < -0.39 is 0 Å². The van der Waals surface area contributed by atoms with Crippen molar-refractivity contribution in [2.45, 2.75) is 13.5 Å². The summed E-state index contributed by atoms with van der Waals surface area (Å²) in [6.07, 6.45) is 0. The van der Waals surface area contributed by atoms with Crippen molar-refractivity contribution in [1.29, 1.82) is 0 Å². The van der Waals surface area contributed by atoms with Crippen LogP contribution in [-0.2, 0) is 6.61 Å². The predicted molar refractivity (Wildman–Crippen MR) is 71.4 cm³/mol. The van der Waals surface area contributed by atoms with E-state index in [0.29, 0.717) is 17.3 Å². The molecule has 2 N–H and O–H groups in total. The molecule has 0 saturated carbocycles. The minimum absolute atomic E-state index is 0.492. The Kier molecular flexibility index (Phi) is 3.55. The Hall–Kier alpha value is -1.67. The van der Waals surface area contributed by atoms with Crippen molar-refractivity contribution in [2.75, 3.05) is 5.73 Å². The Morgan fingerprint density at radius 2 is 1.94 bits per heavy atom. The molecule has 2 nitrogen and oxygen atoms in total. The van der Waals surface area contributed by atoms with Gasteiger partial charge in [-0.1, -0.05) is 35.9 Å². The molecule has 0 aliphatic heterocycles. The highest BCUT2D eigenvalue weighted by Crippen LogP contribution is 2.22. The SMILES string of the molecule is Cc1ccccc1OCc1ccc(Cl)c(N)c1. The van der Waals surface area contributed by atoms with Gasteiger partial charge in [-0.15, -0.1) is 0 Å². The molecule has 17 heavy (non-hydrogen) atoms. The molecule has 0 radical (unpaired) electrons. The molecule has 2 rings (SSSR count). The third kappa shape index (κ3) is 2.92. The fraction of sp³-hybridized carbons (Fsp3) is 0.143. The Bertz CT molecular complexity index is 525. The first kappa shape index (κ1) is 11.8. The molecule has 2 aromatic rings. The van der Waals surface area contributed by atoms with Gasteiger partial charge in [0.25, 0.3) is 0 Å². The van der Waals surface area contributed by atoms with Gasteiger partial charge in [-0.2, -0.15) is 0 Å². The molecule has 0 atom stereocenters. The summed E-state index contributed by atoms with van der Waals surface area (Å²) in [4.78, 5) is 0. The second-order valence-electron chi connectivity index (χ2n) is 3.91. The maximum atomic E-state index is 5.86. The molecule has 0 bridgehead atoms. The number of halogens is 1. The van der Waals surface area contributed by atoms with Crippen molar-refractivity contribution in [2.24, 2.45) is 0 Å². The summed E-state index contributed by atoms with van der Waals surface area (Å²) in [6, 6.07) is 13.5. The maximum Gasteiger partial charge on any atom is 0.122 e. The zero-order chi connectivity index (χ0) is 12.3.